The number of aromatic carboxylic acids is 1. The number of hydrogen-bond donors (Lipinski definition) is 2. The average Bonchev–Trinajstić information content (AvgIpc) is 2.76. The quantitative estimate of drug-likeness (QED) is 0.0909. The zero-order valence-electron chi connectivity index (χ0n) is 15.3. The molecule has 0 saturated heterocycles. The number of phenolic OH excluding ortho intramolecular Hbond substituents is 1. The third-order valence-corrected chi connectivity index (χ3v) is 9.51. The summed E-state index contributed by atoms with van der Waals surface area (Å²) in [6.07, 6.45) is 0. The van der Waals surface area contributed by atoms with Crippen LogP contribution in [0.3, 0.4) is 0 Å². The Kier molecular flexibility index (Phi) is 7.51. The molecule has 1 heterocycles. The Balaban J connectivity index is 2.43. The van der Waals surface area contributed by atoms with Gasteiger partial charge in [-0.05, 0) is 79.9 Å². The van der Waals surface area contributed by atoms with Crippen molar-refractivity contribution in [3.63, 3.8) is 0 Å². The van der Waals surface area contributed by atoms with Crippen LogP contribution in [0.1, 0.15) is 10.4 Å². The van der Waals surface area contributed by atoms with Crippen molar-refractivity contribution in [3.8, 4) is 28.2 Å². The van der Waals surface area contributed by atoms with E-state index in [1.807, 2.05) is 67.8 Å². The Morgan fingerprint density at radius 2 is 1.45 bits per heavy atom. The predicted octanol–water partition coefficient (Wildman–Crippen LogP) is 9.05. The van der Waals surface area contributed by atoms with Crippen molar-refractivity contribution in [1.82, 2.24) is 0 Å². The molecule has 0 unspecified atom stereocenters. The number of halogens is 8. The summed E-state index contributed by atoms with van der Waals surface area (Å²) in [6, 6.07) is 3.10. The third kappa shape index (κ3) is 4.09. The number of fused-ring (bicyclic) bond motifs is 2. The van der Waals surface area contributed by atoms with Gasteiger partial charge in [-0.15, -0.1) is 0 Å². The fourth-order valence-electron chi connectivity index (χ4n) is 3.33. The van der Waals surface area contributed by atoms with Gasteiger partial charge in [-0.1, -0.05) is 58.0 Å². The number of carboxylic acids is 1. The standard InChI is InChI=1S/C20H4Cl5I3O5/c21-10-8(9(20(31)32)11(22)13(24)12(10)23)7-3-1-5(26)16(29)14(25)18(3)33-19-4(7)2-6(27)17(30)15(19)28/h1-2,29H,(H,31,32). The highest BCUT2D eigenvalue weighted by atomic mass is 127. The summed E-state index contributed by atoms with van der Waals surface area (Å²) >= 11 is 37.3. The molecular weight excluding hydrogens is 878 g/mol. The summed E-state index contributed by atoms with van der Waals surface area (Å²) in [5.41, 5.74) is -0.0694. The molecule has 4 rings (SSSR count). The number of phenols is 1. The first-order chi connectivity index (χ1) is 15.4. The molecule has 13 heteroatoms. The monoisotopic (exact) mass is 880 g/mol. The molecular formula is C20H4Cl5I3O5. The Morgan fingerprint density at radius 3 is 2.06 bits per heavy atom. The molecule has 5 nitrogen and oxygen atoms in total. The summed E-state index contributed by atoms with van der Waals surface area (Å²) in [4.78, 5) is 24.9. The summed E-state index contributed by atoms with van der Waals surface area (Å²) in [7, 11) is 0. The molecule has 2 N–H and O–H groups in total. The number of carboxylic acid groups (broad SMARTS) is 1. The molecule has 2 aromatic rings. The van der Waals surface area contributed by atoms with Crippen molar-refractivity contribution in [3.05, 3.63) is 63.7 Å². The molecule has 1 aliphatic heterocycles. The molecule has 0 spiro atoms. The van der Waals surface area contributed by atoms with Crippen LogP contribution in [0.5, 0.6) is 5.75 Å². The maximum absolute atomic E-state index is 12.6. The number of benzene rings is 3. The number of aromatic hydroxyl groups is 1. The van der Waals surface area contributed by atoms with Gasteiger partial charge >= 0.3 is 5.97 Å². The van der Waals surface area contributed by atoms with Gasteiger partial charge in [-0.2, -0.15) is 0 Å². The second-order valence-electron chi connectivity index (χ2n) is 6.56. The van der Waals surface area contributed by atoms with Crippen LogP contribution in [0.2, 0.25) is 25.1 Å². The van der Waals surface area contributed by atoms with Crippen LogP contribution < -0.4 is 5.43 Å². The van der Waals surface area contributed by atoms with E-state index in [0.29, 0.717) is 18.1 Å². The third-order valence-electron chi connectivity index (χ3n) is 4.75. The van der Waals surface area contributed by atoms with Crippen LogP contribution in [0.4, 0.5) is 0 Å². The number of rotatable bonds is 2. The first kappa shape index (κ1) is 26.1. The zero-order valence-corrected chi connectivity index (χ0v) is 25.5. The van der Waals surface area contributed by atoms with Crippen molar-refractivity contribution >= 4 is 143 Å². The van der Waals surface area contributed by atoms with Gasteiger partial charge in [-0.25, -0.2) is 4.79 Å². The highest BCUT2D eigenvalue weighted by Gasteiger charge is 2.32. The summed E-state index contributed by atoms with van der Waals surface area (Å²) < 4.78 is 6.93. The number of hydrogen-bond acceptors (Lipinski definition) is 4. The Hall–Kier alpha value is 0.0400. The molecule has 0 aromatic heterocycles. The Bertz CT molecular complexity index is 1570. The van der Waals surface area contributed by atoms with E-state index < -0.39 is 5.97 Å². The molecule has 1 aliphatic carbocycles. The van der Waals surface area contributed by atoms with Crippen LogP contribution >= 0.6 is 126 Å². The van der Waals surface area contributed by atoms with Gasteiger partial charge in [0, 0.05) is 22.1 Å². The van der Waals surface area contributed by atoms with E-state index in [0.717, 1.165) is 0 Å². The molecule has 0 fully saturated rings. The molecule has 0 amide bonds. The highest BCUT2D eigenvalue weighted by Crippen LogP contribution is 2.52. The summed E-state index contributed by atoms with van der Waals surface area (Å²) in [5, 5.41) is 19.8. The van der Waals surface area contributed by atoms with Gasteiger partial charge in [0.15, 0.2) is 17.1 Å². The lowest BCUT2D eigenvalue weighted by Crippen LogP contribution is -2.12. The van der Waals surface area contributed by atoms with Crippen molar-refractivity contribution in [2.24, 2.45) is 0 Å². The van der Waals surface area contributed by atoms with E-state index in [1.165, 1.54) is 0 Å². The normalized spacial score (nSPS) is 11.5. The fraction of sp³-hybridized carbons (Fsp3) is 0. The highest BCUT2D eigenvalue weighted by molar-refractivity contribution is 14.1. The summed E-state index contributed by atoms with van der Waals surface area (Å²) in [5.74, 6) is -1.51. The average molecular weight is 882 g/mol. The van der Waals surface area contributed by atoms with Gasteiger partial charge < -0.3 is 14.6 Å². The van der Waals surface area contributed by atoms with E-state index in [4.69, 9.17) is 62.4 Å². The maximum atomic E-state index is 12.6. The lowest BCUT2D eigenvalue weighted by Gasteiger charge is -2.21. The second kappa shape index (κ2) is 9.49. The van der Waals surface area contributed by atoms with Crippen LogP contribution in [-0.2, 0) is 0 Å². The second-order valence-corrected chi connectivity index (χ2v) is 11.9. The van der Waals surface area contributed by atoms with E-state index in [2.05, 4.69) is 0 Å². The minimum atomic E-state index is -1.40. The van der Waals surface area contributed by atoms with Gasteiger partial charge in [0.25, 0.3) is 0 Å². The Morgan fingerprint density at radius 1 is 0.848 bits per heavy atom. The maximum Gasteiger partial charge on any atom is 0.337 e. The molecule has 0 atom stereocenters. The van der Waals surface area contributed by atoms with Crippen LogP contribution in [0.25, 0.3) is 33.4 Å². The predicted molar refractivity (Wildman–Crippen MR) is 156 cm³/mol. The lowest BCUT2D eigenvalue weighted by atomic mass is 9.90. The van der Waals surface area contributed by atoms with E-state index in [9.17, 15) is 19.8 Å². The van der Waals surface area contributed by atoms with Crippen molar-refractivity contribution in [2.45, 2.75) is 0 Å². The molecule has 2 aromatic carbocycles. The summed E-state index contributed by atoms with van der Waals surface area (Å²) in [6.45, 7) is 0. The SMILES string of the molecule is O=C(O)c1c(Cl)c(Cl)c(Cl)c(Cl)c1-c1c2cc(I)c(=O)c(I)c-2oc2c(Cl)c(O)c(I)cc12. The minimum absolute atomic E-state index is 0.0187. The van der Waals surface area contributed by atoms with Gasteiger partial charge in [0.2, 0.25) is 5.43 Å². The van der Waals surface area contributed by atoms with E-state index >= 15 is 0 Å². The molecule has 0 saturated carbocycles. The number of carbonyl (C=O) groups is 1. The zero-order chi connectivity index (χ0) is 24.5. The van der Waals surface area contributed by atoms with Crippen molar-refractivity contribution in [1.29, 1.82) is 0 Å². The van der Waals surface area contributed by atoms with Crippen molar-refractivity contribution in [2.75, 3.05) is 0 Å². The Labute approximate surface area is 251 Å². The van der Waals surface area contributed by atoms with Gasteiger partial charge in [0.1, 0.15) is 8.59 Å². The van der Waals surface area contributed by atoms with Crippen LogP contribution in [0.15, 0.2) is 21.3 Å². The van der Waals surface area contributed by atoms with Crippen LogP contribution in [-0.4, -0.2) is 16.2 Å². The van der Waals surface area contributed by atoms with Crippen LogP contribution in [0, 0.1) is 10.7 Å². The fourth-order valence-corrected chi connectivity index (χ4v) is 7.13. The molecule has 170 valence electrons. The molecule has 2 aliphatic rings. The van der Waals surface area contributed by atoms with Crippen molar-refractivity contribution < 1.29 is 19.4 Å². The lowest BCUT2D eigenvalue weighted by molar-refractivity contribution is 0.0698. The van der Waals surface area contributed by atoms with Gasteiger partial charge in [-0.3, -0.25) is 4.79 Å². The minimum Gasteiger partial charge on any atom is -0.505 e. The van der Waals surface area contributed by atoms with E-state index in [-0.39, 0.29) is 67.9 Å². The van der Waals surface area contributed by atoms with E-state index in [1.54, 1.807) is 12.1 Å². The van der Waals surface area contributed by atoms with Gasteiger partial charge in [0.05, 0.1) is 32.8 Å². The topological polar surface area (TPSA) is 87.7 Å². The first-order valence-electron chi connectivity index (χ1n) is 8.43. The largest absolute Gasteiger partial charge is 0.505 e. The molecule has 0 bridgehead atoms. The molecule has 0 radical (unpaired) electrons. The first-order valence-corrected chi connectivity index (χ1v) is 13.6. The smallest absolute Gasteiger partial charge is 0.337 e. The molecule has 33 heavy (non-hydrogen) atoms.